The molecule has 1 rings (SSSR count). The minimum Gasteiger partial charge on any atom is -0.396 e. The van der Waals surface area contributed by atoms with Crippen LogP contribution in [-0.2, 0) is 0 Å². The zero-order chi connectivity index (χ0) is 12.2. The minimum atomic E-state index is 0.240. The molecule has 1 aliphatic carbocycles. The molecule has 3 unspecified atom stereocenters. The van der Waals surface area contributed by atoms with E-state index in [4.69, 9.17) is 5.11 Å². The summed E-state index contributed by atoms with van der Waals surface area (Å²) in [4.78, 5) is 0. The van der Waals surface area contributed by atoms with Crippen molar-refractivity contribution in [1.29, 1.82) is 0 Å². The van der Waals surface area contributed by atoms with E-state index in [0.717, 1.165) is 12.3 Å². The molecular formula is C14H29NO. The van der Waals surface area contributed by atoms with E-state index >= 15 is 0 Å². The van der Waals surface area contributed by atoms with Gasteiger partial charge in [-0.15, -0.1) is 0 Å². The van der Waals surface area contributed by atoms with Crippen LogP contribution in [-0.4, -0.2) is 23.8 Å². The van der Waals surface area contributed by atoms with Crippen LogP contribution in [0.4, 0.5) is 0 Å². The van der Waals surface area contributed by atoms with Crippen LogP contribution in [0, 0.1) is 11.3 Å². The second-order valence-corrected chi connectivity index (χ2v) is 6.30. The Morgan fingerprint density at radius 1 is 1.31 bits per heavy atom. The van der Waals surface area contributed by atoms with Crippen LogP contribution in [0.3, 0.4) is 0 Å². The first-order chi connectivity index (χ1) is 7.49. The van der Waals surface area contributed by atoms with Gasteiger partial charge >= 0.3 is 0 Å². The molecule has 0 bridgehead atoms. The van der Waals surface area contributed by atoms with Crippen LogP contribution in [0.15, 0.2) is 0 Å². The van der Waals surface area contributed by atoms with E-state index < -0.39 is 0 Å². The highest BCUT2D eigenvalue weighted by atomic mass is 16.3. The van der Waals surface area contributed by atoms with Crippen LogP contribution in [0.25, 0.3) is 0 Å². The van der Waals surface area contributed by atoms with Gasteiger partial charge in [0.2, 0.25) is 0 Å². The van der Waals surface area contributed by atoms with Gasteiger partial charge in [0.1, 0.15) is 0 Å². The first-order valence-electron chi connectivity index (χ1n) is 6.86. The van der Waals surface area contributed by atoms with Gasteiger partial charge in [0, 0.05) is 18.7 Å². The van der Waals surface area contributed by atoms with Gasteiger partial charge in [0.05, 0.1) is 0 Å². The third kappa shape index (κ3) is 3.74. The highest BCUT2D eigenvalue weighted by Gasteiger charge is 2.31. The molecule has 1 saturated carbocycles. The maximum absolute atomic E-state index is 9.16. The SMILES string of the molecule is CCC1CCCC1NC(CCO)C(C)(C)C. The minimum absolute atomic E-state index is 0.240. The fourth-order valence-electron chi connectivity index (χ4n) is 2.90. The number of rotatable bonds is 5. The third-order valence-corrected chi connectivity index (χ3v) is 4.06. The fourth-order valence-corrected chi connectivity index (χ4v) is 2.90. The van der Waals surface area contributed by atoms with E-state index in [-0.39, 0.29) is 5.41 Å². The molecule has 0 heterocycles. The molecule has 96 valence electrons. The first-order valence-corrected chi connectivity index (χ1v) is 6.86. The van der Waals surface area contributed by atoms with Gasteiger partial charge in [-0.1, -0.05) is 40.5 Å². The van der Waals surface area contributed by atoms with E-state index in [1.807, 2.05) is 0 Å². The summed E-state index contributed by atoms with van der Waals surface area (Å²) in [6.07, 6.45) is 6.22. The Balaban J connectivity index is 2.54. The van der Waals surface area contributed by atoms with Crippen molar-refractivity contribution in [3.63, 3.8) is 0 Å². The molecule has 0 amide bonds. The lowest BCUT2D eigenvalue weighted by atomic mass is 9.83. The lowest BCUT2D eigenvalue weighted by Gasteiger charge is -2.35. The predicted molar refractivity (Wildman–Crippen MR) is 69.5 cm³/mol. The van der Waals surface area contributed by atoms with Crippen LogP contribution < -0.4 is 5.32 Å². The van der Waals surface area contributed by atoms with E-state index in [0.29, 0.717) is 18.7 Å². The summed E-state index contributed by atoms with van der Waals surface area (Å²) in [5.74, 6) is 0.851. The lowest BCUT2D eigenvalue weighted by Crippen LogP contribution is -2.47. The number of hydrogen-bond acceptors (Lipinski definition) is 2. The summed E-state index contributed by atoms with van der Waals surface area (Å²) in [5, 5.41) is 13.0. The smallest absolute Gasteiger partial charge is 0.0446 e. The molecule has 0 spiro atoms. The summed E-state index contributed by atoms with van der Waals surface area (Å²) in [6.45, 7) is 9.37. The summed E-state index contributed by atoms with van der Waals surface area (Å²) in [6, 6.07) is 1.12. The highest BCUT2D eigenvalue weighted by Crippen LogP contribution is 2.31. The third-order valence-electron chi connectivity index (χ3n) is 4.06. The number of aliphatic hydroxyl groups excluding tert-OH is 1. The normalized spacial score (nSPS) is 28.3. The van der Waals surface area contributed by atoms with E-state index in [2.05, 4.69) is 33.0 Å². The second kappa shape index (κ2) is 6.02. The highest BCUT2D eigenvalue weighted by molar-refractivity contribution is 4.89. The van der Waals surface area contributed by atoms with Gasteiger partial charge in [-0.25, -0.2) is 0 Å². The van der Waals surface area contributed by atoms with Gasteiger partial charge in [0.25, 0.3) is 0 Å². The van der Waals surface area contributed by atoms with E-state index in [1.165, 1.54) is 25.7 Å². The van der Waals surface area contributed by atoms with Crippen molar-refractivity contribution < 1.29 is 5.11 Å². The maximum atomic E-state index is 9.16. The van der Waals surface area contributed by atoms with Gasteiger partial charge in [-0.3, -0.25) is 0 Å². The second-order valence-electron chi connectivity index (χ2n) is 6.30. The molecule has 0 aliphatic heterocycles. The molecule has 0 radical (unpaired) electrons. The van der Waals surface area contributed by atoms with Gasteiger partial charge in [0.15, 0.2) is 0 Å². The van der Waals surface area contributed by atoms with Crippen molar-refractivity contribution in [3.05, 3.63) is 0 Å². The van der Waals surface area contributed by atoms with Crippen molar-refractivity contribution in [2.75, 3.05) is 6.61 Å². The molecule has 0 saturated heterocycles. The quantitative estimate of drug-likeness (QED) is 0.757. The van der Waals surface area contributed by atoms with Gasteiger partial charge < -0.3 is 10.4 Å². The molecule has 1 aliphatic rings. The van der Waals surface area contributed by atoms with E-state index in [1.54, 1.807) is 0 Å². The molecular weight excluding hydrogens is 198 g/mol. The number of hydrogen-bond donors (Lipinski definition) is 2. The molecule has 1 fully saturated rings. The maximum Gasteiger partial charge on any atom is 0.0446 e. The molecule has 0 aromatic rings. The molecule has 2 N–H and O–H groups in total. The van der Waals surface area contributed by atoms with Crippen LogP contribution >= 0.6 is 0 Å². The van der Waals surface area contributed by atoms with Crippen LogP contribution in [0.1, 0.15) is 59.8 Å². The first kappa shape index (κ1) is 14.0. The van der Waals surface area contributed by atoms with Crippen molar-refractivity contribution >= 4 is 0 Å². The predicted octanol–water partition coefficient (Wildman–Crippen LogP) is 2.95. The number of aliphatic hydroxyl groups is 1. The number of nitrogens with one attached hydrogen (secondary N) is 1. The molecule has 3 atom stereocenters. The van der Waals surface area contributed by atoms with E-state index in [9.17, 15) is 0 Å². The monoisotopic (exact) mass is 227 g/mol. The summed E-state index contributed by atoms with van der Waals surface area (Å²) < 4.78 is 0. The zero-order valence-corrected chi connectivity index (χ0v) is 11.4. The van der Waals surface area contributed by atoms with Crippen molar-refractivity contribution in [2.24, 2.45) is 11.3 Å². The van der Waals surface area contributed by atoms with Gasteiger partial charge in [-0.05, 0) is 30.6 Å². The summed E-state index contributed by atoms with van der Waals surface area (Å²) in [5.41, 5.74) is 0.240. The Morgan fingerprint density at radius 3 is 2.50 bits per heavy atom. The fraction of sp³-hybridized carbons (Fsp3) is 1.00. The van der Waals surface area contributed by atoms with Crippen molar-refractivity contribution in [2.45, 2.75) is 71.9 Å². The average molecular weight is 227 g/mol. The average Bonchev–Trinajstić information content (AvgIpc) is 2.63. The lowest BCUT2D eigenvalue weighted by molar-refractivity contribution is 0.175. The van der Waals surface area contributed by atoms with Gasteiger partial charge in [-0.2, -0.15) is 0 Å². The molecule has 0 aromatic heterocycles. The van der Waals surface area contributed by atoms with Crippen LogP contribution in [0.5, 0.6) is 0 Å². The Hall–Kier alpha value is -0.0800. The molecule has 0 aromatic carbocycles. The van der Waals surface area contributed by atoms with Crippen LogP contribution in [0.2, 0.25) is 0 Å². The zero-order valence-electron chi connectivity index (χ0n) is 11.4. The van der Waals surface area contributed by atoms with Crippen molar-refractivity contribution in [1.82, 2.24) is 5.32 Å². The standard InChI is InChI=1S/C14H29NO/c1-5-11-7-6-8-12(11)15-13(9-10-16)14(2,3)4/h11-13,15-16H,5-10H2,1-4H3. The largest absolute Gasteiger partial charge is 0.396 e. The summed E-state index contributed by atoms with van der Waals surface area (Å²) >= 11 is 0. The Bertz CT molecular complexity index is 197. The Kier molecular flexibility index (Phi) is 5.26. The topological polar surface area (TPSA) is 32.3 Å². The Morgan fingerprint density at radius 2 is 2.00 bits per heavy atom. The molecule has 2 nitrogen and oxygen atoms in total. The van der Waals surface area contributed by atoms with Crippen molar-refractivity contribution in [3.8, 4) is 0 Å². The molecule has 16 heavy (non-hydrogen) atoms. The summed E-state index contributed by atoms with van der Waals surface area (Å²) in [7, 11) is 0. The Labute approximate surface area is 101 Å². The molecule has 2 heteroatoms.